The van der Waals surface area contributed by atoms with Crippen LogP contribution in [0.3, 0.4) is 0 Å². The van der Waals surface area contributed by atoms with Crippen LogP contribution in [0.2, 0.25) is 0 Å². The highest BCUT2D eigenvalue weighted by Crippen LogP contribution is 2.43. The van der Waals surface area contributed by atoms with Crippen molar-refractivity contribution in [1.29, 1.82) is 0 Å². The zero-order valence-electron chi connectivity index (χ0n) is 12.0. The molecule has 0 aromatic heterocycles. The molecule has 104 valence electrons. The van der Waals surface area contributed by atoms with Gasteiger partial charge < -0.3 is 15.4 Å². The molecule has 0 saturated carbocycles. The van der Waals surface area contributed by atoms with Gasteiger partial charge in [0, 0.05) is 31.1 Å². The smallest absolute Gasteiger partial charge is 0.124 e. The third-order valence-corrected chi connectivity index (χ3v) is 4.70. The van der Waals surface area contributed by atoms with Crippen molar-refractivity contribution in [2.45, 2.75) is 44.8 Å². The van der Waals surface area contributed by atoms with Gasteiger partial charge >= 0.3 is 0 Å². The van der Waals surface area contributed by atoms with Crippen molar-refractivity contribution in [3.8, 4) is 5.75 Å². The predicted octanol–water partition coefficient (Wildman–Crippen LogP) is 2.63. The molecule has 1 atom stereocenters. The molecule has 1 aromatic rings. The van der Waals surface area contributed by atoms with E-state index >= 15 is 0 Å². The van der Waals surface area contributed by atoms with Gasteiger partial charge in [-0.3, -0.25) is 0 Å². The van der Waals surface area contributed by atoms with Gasteiger partial charge in [0.15, 0.2) is 0 Å². The number of fused-ring (bicyclic) bond motifs is 1. The lowest BCUT2D eigenvalue weighted by atomic mass is 9.80. The van der Waals surface area contributed by atoms with Crippen LogP contribution in [0.1, 0.15) is 43.4 Å². The number of benzene rings is 1. The minimum absolute atomic E-state index is 0.0205. The lowest BCUT2D eigenvalue weighted by Gasteiger charge is -2.46. The molecule has 2 aliphatic rings. The Morgan fingerprint density at radius 1 is 1.37 bits per heavy atom. The first kappa shape index (κ1) is 12.9. The van der Waals surface area contributed by atoms with E-state index in [-0.39, 0.29) is 11.6 Å². The molecule has 1 fully saturated rings. The topological polar surface area (TPSA) is 38.5 Å². The van der Waals surface area contributed by atoms with E-state index < -0.39 is 0 Å². The molecule has 2 heterocycles. The van der Waals surface area contributed by atoms with E-state index in [0.29, 0.717) is 0 Å². The van der Waals surface area contributed by atoms with Gasteiger partial charge in [-0.1, -0.05) is 24.6 Å². The minimum atomic E-state index is -0.0205. The Hall–Kier alpha value is -1.06. The van der Waals surface area contributed by atoms with Crippen molar-refractivity contribution in [1.82, 2.24) is 4.90 Å². The molecular formula is C16H24N2O. The summed E-state index contributed by atoms with van der Waals surface area (Å²) in [5.41, 5.74) is 8.82. The lowest BCUT2D eigenvalue weighted by molar-refractivity contribution is -0.0205. The standard InChI is InChI=1S/C16H24N2O/c1-3-18-8-6-16(7-9-18)11-14(17)13-10-12(2)4-5-15(13)19-16/h4-5,10,14H,3,6-9,11,17H2,1-2H3. The fraction of sp³-hybridized carbons (Fsp3) is 0.625. The molecule has 2 aliphatic heterocycles. The van der Waals surface area contributed by atoms with Crippen molar-refractivity contribution in [2.24, 2.45) is 5.73 Å². The van der Waals surface area contributed by atoms with E-state index in [9.17, 15) is 0 Å². The highest BCUT2D eigenvalue weighted by atomic mass is 16.5. The van der Waals surface area contributed by atoms with Crippen LogP contribution in [0.5, 0.6) is 5.75 Å². The van der Waals surface area contributed by atoms with Gasteiger partial charge in [0.2, 0.25) is 0 Å². The summed E-state index contributed by atoms with van der Waals surface area (Å²) in [5.74, 6) is 1.01. The fourth-order valence-corrected chi connectivity index (χ4v) is 3.42. The first-order chi connectivity index (χ1) is 9.12. The summed E-state index contributed by atoms with van der Waals surface area (Å²) in [7, 11) is 0. The molecule has 3 heteroatoms. The Labute approximate surface area is 115 Å². The van der Waals surface area contributed by atoms with E-state index in [2.05, 4.69) is 36.9 Å². The largest absolute Gasteiger partial charge is 0.487 e. The average Bonchev–Trinajstić information content (AvgIpc) is 2.41. The molecule has 2 N–H and O–H groups in total. The normalized spacial score (nSPS) is 25.9. The van der Waals surface area contributed by atoms with Crippen LogP contribution in [0.15, 0.2) is 18.2 Å². The maximum Gasteiger partial charge on any atom is 0.124 e. The number of rotatable bonds is 1. The molecule has 0 amide bonds. The van der Waals surface area contributed by atoms with E-state index in [1.807, 2.05) is 0 Å². The number of piperidine rings is 1. The van der Waals surface area contributed by atoms with Crippen LogP contribution in [-0.2, 0) is 0 Å². The van der Waals surface area contributed by atoms with E-state index in [4.69, 9.17) is 10.5 Å². The molecule has 0 aliphatic carbocycles. The van der Waals surface area contributed by atoms with Crippen molar-refractivity contribution in [3.63, 3.8) is 0 Å². The molecule has 3 rings (SSSR count). The number of hydrogen-bond donors (Lipinski definition) is 1. The van der Waals surface area contributed by atoms with Crippen LogP contribution < -0.4 is 10.5 Å². The number of aryl methyl sites for hydroxylation is 1. The molecule has 3 nitrogen and oxygen atoms in total. The van der Waals surface area contributed by atoms with Gasteiger partial charge in [0.05, 0.1) is 0 Å². The summed E-state index contributed by atoms with van der Waals surface area (Å²) < 4.78 is 6.37. The van der Waals surface area contributed by atoms with Gasteiger partial charge in [-0.15, -0.1) is 0 Å². The van der Waals surface area contributed by atoms with Gasteiger partial charge in [0.1, 0.15) is 11.4 Å². The van der Waals surface area contributed by atoms with Gasteiger partial charge in [-0.2, -0.15) is 0 Å². The Balaban J connectivity index is 1.83. The van der Waals surface area contributed by atoms with Crippen molar-refractivity contribution >= 4 is 0 Å². The summed E-state index contributed by atoms with van der Waals surface area (Å²) >= 11 is 0. The van der Waals surface area contributed by atoms with Crippen LogP contribution >= 0.6 is 0 Å². The Morgan fingerprint density at radius 3 is 2.79 bits per heavy atom. The highest BCUT2D eigenvalue weighted by Gasteiger charge is 2.41. The van der Waals surface area contributed by atoms with Gasteiger partial charge in [0.25, 0.3) is 0 Å². The molecule has 1 saturated heterocycles. The second-order valence-corrected chi connectivity index (χ2v) is 6.07. The zero-order valence-corrected chi connectivity index (χ0v) is 12.0. The third-order valence-electron chi connectivity index (χ3n) is 4.70. The maximum atomic E-state index is 6.39. The van der Waals surface area contributed by atoms with Crippen LogP contribution in [0.4, 0.5) is 0 Å². The van der Waals surface area contributed by atoms with Crippen LogP contribution in [0.25, 0.3) is 0 Å². The van der Waals surface area contributed by atoms with E-state index in [0.717, 1.165) is 44.6 Å². The number of nitrogens with zero attached hydrogens (tertiary/aromatic N) is 1. The summed E-state index contributed by atoms with van der Waals surface area (Å²) in [4.78, 5) is 2.49. The Bertz CT molecular complexity index is 464. The minimum Gasteiger partial charge on any atom is -0.487 e. The number of nitrogens with two attached hydrogens (primary N) is 1. The molecule has 19 heavy (non-hydrogen) atoms. The van der Waals surface area contributed by atoms with Crippen LogP contribution in [0, 0.1) is 6.92 Å². The molecule has 1 aromatic carbocycles. The summed E-state index contributed by atoms with van der Waals surface area (Å²) in [6, 6.07) is 6.51. The first-order valence-electron chi connectivity index (χ1n) is 7.39. The summed E-state index contributed by atoms with van der Waals surface area (Å²) in [5, 5.41) is 0. The van der Waals surface area contributed by atoms with E-state index in [1.165, 1.54) is 11.1 Å². The van der Waals surface area contributed by atoms with E-state index in [1.54, 1.807) is 0 Å². The highest BCUT2D eigenvalue weighted by molar-refractivity contribution is 5.41. The zero-order chi connectivity index (χ0) is 13.5. The average molecular weight is 260 g/mol. The molecule has 1 spiro atoms. The molecule has 0 radical (unpaired) electrons. The van der Waals surface area contributed by atoms with Crippen LogP contribution in [-0.4, -0.2) is 30.1 Å². The van der Waals surface area contributed by atoms with Gasteiger partial charge in [-0.05, 0) is 32.4 Å². The Kier molecular flexibility index (Phi) is 3.27. The molecule has 0 bridgehead atoms. The van der Waals surface area contributed by atoms with Crippen molar-refractivity contribution < 1.29 is 4.74 Å². The third kappa shape index (κ3) is 2.37. The maximum absolute atomic E-state index is 6.39. The predicted molar refractivity (Wildman–Crippen MR) is 77.4 cm³/mol. The quantitative estimate of drug-likeness (QED) is 0.843. The number of hydrogen-bond acceptors (Lipinski definition) is 3. The van der Waals surface area contributed by atoms with Gasteiger partial charge in [-0.25, -0.2) is 0 Å². The fourth-order valence-electron chi connectivity index (χ4n) is 3.42. The Morgan fingerprint density at radius 2 is 2.11 bits per heavy atom. The molecular weight excluding hydrogens is 236 g/mol. The number of ether oxygens (including phenoxy) is 1. The first-order valence-corrected chi connectivity index (χ1v) is 7.39. The SMILES string of the molecule is CCN1CCC2(CC1)CC(N)c1cc(C)ccc1O2. The summed E-state index contributed by atoms with van der Waals surface area (Å²) in [6.45, 7) is 7.73. The summed E-state index contributed by atoms with van der Waals surface area (Å²) in [6.07, 6.45) is 3.16. The molecule has 1 unspecified atom stereocenters. The monoisotopic (exact) mass is 260 g/mol. The lowest BCUT2D eigenvalue weighted by Crippen LogP contribution is -2.51. The van der Waals surface area contributed by atoms with Crippen molar-refractivity contribution in [2.75, 3.05) is 19.6 Å². The second-order valence-electron chi connectivity index (χ2n) is 6.07. The second kappa shape index (κ2) is 4.80. The number of likely N-dealkylation sites (tertiary alicyclic amines) is 1. The van der Waals surface area contributed by atoms with Crippen molar-refractivity contribution in [3.05, 3.63) is 29.3 Å².